The Morgan fingerprint density at radius 3 is 0.789 bits per heavy atom. The van der Waals surface area contributed by atoms with Crippen molar-refractivity contribution in [1.29, 1.82) is 0 Å². The van der Waals surface area contributed by atoms with Crippen LogP contribution in [0.5, 0.6) is 0 Å². The Hall–Kier alpha value is -0.900. The van der Waals surface area contributed by atoms with Gasteiger partial charge in [0.15, 0.2) is 0 Å². The minimum atomic E-state index is 0. The highest BCUT2D eigenvalue weighted by atomic mass is 33.1. The van der Waals surface area contributed by atoms with Gasteiger partial charge < -0.3 is 5.48 Å². The second-order valence-electron chi connectivity index (χ2n) is 4.17. The van der Waals surface area contributed by atoms with Crippen molar-refractivity contribution in [3.05, 3.63) is 70.8 Å². The molecule has 1 nitrogen and oxygen atoms in total. The van der Waals surface area contributed by atoms with Crippen molar-refractivity contribution in [1.82, 2.24) is 0 Å². The van der Waals surface area contributed by atoms with E-state index >= 15 is 0 Å². The third-order valence-electron chi connectivity index (χ3n) is 2.85. The SMILES string of the molecule is Cc1ccccc1C.Cc1ccccc1C.O.SS. The Bertz CT molecular complexity index is 371. The Kier molecular flexibility index (Phi) is 13.1. The van der Waals surface area contributed by atoms with Crippen LogP contribution < -0.4 is 0 Å². The lowest BCUT2D eigenvalue weighted by Crippen LogP contribution is -1.74. The van der Waals surface area contributed by atoms with E-state index < -0.39 is 0 Å². The van der Waals surface area contributed by atoms with E-state index in [0.29, 0.717) is 0 Å². The lowest BCUT2D eigenvalue weighted by molar-refractivity contribution is 0.824. The van der Waals surface area contributed by atoms with Gasteiger partial charge in [-0.3, -0.25) is 0 Å². The lowest BCUT2D eigenvalue weighted by atomic mass is 10.1. The van der Waals surface area contributed by atoms with Crippen LogP contribution >= 0.6 is 23.3 Å². The van der Waals surface area contributed by atoms with Crippen LogP contribution in [0.1, 0.15) is 22.3 Å². The van der Waals surface area contributed by atoms with E-state index in [1.165, 1.54) is 22.3 Å². The summed E-state index contributed by atoms with van der Waals surface area (Å²) in [5.41, 5.74) is 5.47. The summed E-state index contributed by atoms with van der Waals surface area (Å²) in [6.07, 6.45) is 0. The molecule has 0 unspecified atom stereocenters. The predicted octanol–water partition coefficient (Wildman–Crippen LogP) is 4.54. The summed E-state index contributed by atoms with van der Waals surface area (Å²) in [7, 11) is 0. The number of aryl methyl sites for hydroxylation is 4. The molecule has 0 atom stereocenters. The molecular weight excluding hydrogens is 272 g/mol. The zero-order valence-electron chi connectivity index (χ0n) is 12.0. The fourth-order valence-corrected chi connectivity index (χ4v) is 1.33. The highest BCUT2D eigenvalue weighted by Crippen LogP contribution is 2.03. The highest BCUT2D eigenvalue weighted by molar-refractivity contribution is 8.59. The Labute approximate surface area is 127 Å². The molecule has 0 saturated carbocycles. The molecule has 3 heteroatoms. The molecule has 2 rings (SSSR count). The molecule has 0 saturated heterocycles. The van der Waals surface area contributed by atoms with E-state index in [2.05, 4.69) is 99.5 Å². The van der Waals surface area contributed by atoms with Gasteiger partial charge in [0.25, 0.3) is 0 Å². The van der Waals surface area contributed by atoms with E-state index in [1.807, 2.05) is 0 Å². The number of hydrogen-bond donors (Lipinski definition) is 2. The zero-order chi connectivity index (χ0) is 14.0. The smallest absolute Gasteiger partial charge is 0.0395 e. The molecule has 0 aromatic heterocycles. The van der Waals surface area contributed by atoms with Crippen LogP contribution in [0.4, 0.5) is 0 Å². The monoisotopic (exact) mass is 296 g/mol. The van der Waals surface area contributed by atoms with Gasteiger partial charge in [0.1, 0.15) is 0 Å². The minimum absolute atomic E-state index is 0. The van der Waals surface area contributed by atoms with Gasteiger partial charge in [0.05, 0.1) is 0 Å². The van der Waals surface area contributed by atoms with E-state index in [0.717, 1.165) is 0 Å². The molecule has 0 bridgehead atoms. The number of thiol groups is 2. The Morgan fingerprint density at radius 1 is 0.526 bits per heavy atom. The summed E-state index contributed by atoms with van der Waals surface area (Å²) in [6, 6.07) is 16.7. The first kappa shape index (κ1) is 20.4. The third-order valence-corrected chi connectivity index (χ3v) is 2.85. The summed E-state index contributed by atoms with van der Waals surface area (Å²) in [5, 5.41) is 0. The van der Waals surface area contributed by atoms with Crippen molar-refractivity contribution >= 4 is 23.3 Å². The maximum Gasteiger partial charge on any atom is -0.0395 e. The van der Waals surface area contributed by atoms with Crippen LogP contribution in [0.2, 0.25) is 0 Å². The zero-order valence-corrected chi connectivity index (χ0v) is 13.8. The van der Waals surface area contributed by atoms with Crippen molar-refractivity contribution in [2.75, 3.05) is 0 Å². The summed E-state index contributed by atoms with van der Waals surface area (Å²) in [4.78, 5) is 0. The van der Waals surface area contributed by atoms with E-state index in [1.54, 1.807) is 0 Å². The van der Waals surface area contributed by atoms with Crippen molar-refractivity contribution in [2.45, 2.75) is 27.7 Å². The summed E-state index contributed by atoms with van der Waals surface area (Å²) in [5.74, 6) is 0. The average Bonchev–Trinajstić information content (AvgIpc) is 2.40. The molecule has 0 spiro atoms. The second kappa shape index (κ2) is 12.2. The van der Waals surface area contributed by atoms with Gasteiger partial charge in [-0.05, 0) is 49.9 Å². The predicted molar refractivity (Wildman–Crippen MR) is 93.4 cm³/mol. The van der Waals surface area contributed by atoms with Crippen LogP contribution in [0.25, 0.3) is 0 Å². The first-order valence-electron chi connectivity index (χ1n) is 5.85. The molecule has 0 heterocycles. The molecule has 2 aromatic rings. The normalized spacial score (nSPS) is 8.11. The van der Waals surface area contributed by atoms with Gasteiger partial charge >= 0.3 is 0 Å². The Morgan fingerprint density at radius 2 is 0.684 bits per heavy atom. The van der Waals surface area contributed by atoms with Crippen LogP contribution in [-0.4, -0.2) is 5.48 Å². The van der Waals surface area contributed by atoms with Crippen LogP contribution in [0, 0.1) is 27.7 Å². The topological polar surface area (TPSA) is 31.5 Å². The first-order valence-corrected chi connectivity index (χ1v) is 7.45. The van der Waals surface area contributed by atoms with Gasteiger partial charge in [-0.15, -0.1) is 23.3 Å². The number of rotatable bonds is 0. The van der Waals surface area contributed by atoms with Gasteiger partial charge in [0.2, 0.25) is 0 Å². The molecule has 0 aliphatic heterocycles. The quantitative estimate of drug-likeness (QED) is 0.528. The molecule has 0 aliphatic carbocycles. The maximum atomic E-state index is 3.22. The fourth-order valence-electron chi connectivity index (χ4n) is 1.33. The molecular formula is C16H24OS2. The van der Waals surface area contributed by atoms with Crippen molar-refractivity contribution in [2.24, 2.45) is 0 Å². The first-order chi connectivity index (χ1) is 8.61. The largest absolute Gasteiger partial charge is 0.412 e. The van der Waals surface area contributed by atoms with Gasteiger partial charge in [-0.1, -0.05) is 48.5 Å². The van der Waals surface area contributed by atoms with Crippen LogP contribution in [0.3, 0.4) is 0 Å². The molecule has 0 amide bonds. The van der Waals surface area contributed by atoms with Gasteiger partial charge in [0, 0.05) is 0 Å². The van der Waals surface area contributed by atoms with Crippen molar-refractivity contribution < 1.29 is 5.48 Å². The summed E-state index contributed by atoms with van der Waals surface area (Å²) < 4.78 is 0. The molecule has 19 heavy (non-hydrogen) atoms. The Balaban J connectivity index is 0. The minimum Gasteiger partial charge on any atom is -0.412 e. The van der Waals surface area contributed by atoms with E-state index in [-0.39, 0.29) is 5.48 Å². The van der Waals surface area contributed by atoms with Gasteiger partial charge in [-0.2, -0.15) is 0 Å². The third kappa shape index (κ3) is 8.76. The van der Waals surface area contributed by atoms with Crippen LogP contribution in [0.15, 0.2) is 48.5 Å². The van der Waals surface area contributed by atoms with Crippen molar-refractivity contribution in [3.63, 3.8) is 0 Å². The second-order valence-corrected chi connectivity index (χ2v) is 4.17. The molecule has 0 aliphatic rings. The number of benzene rings is 2. The van der Waals surface area contributed by atoms with E-state index in [4.69, 9.17) is 0 Å². The van der Waals surface area contributed by atoms with Crippen molar-refractivity contribution in [3.8, 4) is 0 Å². The van der Waals surface area contributed by atoms with Gasteiger partial charge in [-0.25, -0.2) is 0 Å². The maximum absolute atomic E-state index is 3.22. The lowest BCUT2D eigenvalue weighted by Gasteiger charge is -1.93. The molecule has 2 N–H and O–H groups in total. The summed E-state index contributed by atoms with van der Waals surface area (Å²) in [6.45, 7) is 8.48. The molecule has 106 valence electrons. The average molecular weight is 297 g/mol. The standard InChI is InChI=1S/2C8H10.H2O.H2S2/c2*1-7-5-3-4-6-8(7)2;;1-2/h2*3-6H,1-2H3;1H2;1-2H. The number of hydrogen-bond acceptors (Lipinski definition) is 2. The van der Waals surface area contributed by atoms with E-state index in [9.17, 15) is 0 Å². The molecule has 0 radical (unpaired) electrons. The summed E-state index contributed by atoms with van der Waals surface area (Å²) >= 11 is 6.44. The molecule has 0 fully saturated rings. The molecule has 2 aromatic carbocycles. The van der Waals surface area contributed by atoms with Crippen LogP contribution in [-0.2, 0) is 0 Å². The fraction of sp³-hybridized carbons (Fsp3) is 0.250. The highest BCUT2D eigenvalue weighted by Gasteiger charge is 1.84.